The van der Waals surface area contributed by atoms with Crippen molar-refractivity contribution >= 4 is 49.8 Å². The van der Waals surface area contributed by atoms with Crippen molar-refractivity contribution in [3.05, 3.63) is 64.2 Å². The minimum Gasteiger partial charge on any atom is -0.473 e. The number of benzene rings is 2. The highest BCUT2D eigenvalue weighted by molar-refractivity contribution is 7.92. The van der Waals surface area contributed by atoms with Crippen molar-refractivity contribution in [2.24, 2.45) is 0 Å². The molecule has 0 bridgehead atoms. The van der Waals surface area contributed by atoms with E-state index in [9.17, 15) is 22.4 Å². The van der Waals surface area contributed by atoms with E-state index in [2.05, 4.69) is 10.3 Å². The maximum atomic E-state index is 14.4. The van der Waals surface area contributed by atoms with E-state index in [-0.39, 0.29) is 31.9 Å². The lowest BCUT2D eigenvalue weighted by Gasteiger charge is -2.19. The molecule has 0 saturated heterocycles. The average molecular weight is 525 g/mol. The van der Waals surface area contributed by atoms with Gasteiger partial charge in [-0.05, 0) is 43.2 Å². The first kappa shape index (κ1) is 24.1. The number of thiazole rings is 1. The van der Waals surface area contributed by atoms with E-state index in [1.807, 2.05) is 0 Å². The lowest BCUT2D eigenvalue weighted by atomic mass is 10.1. The fourth-order valence-electron chi connectivity index (χ4n) is 3.06. The van der Waals surface area contributed by atoms with Gasteiger partial charge in [0.05, 0.1) is 15.5 Å². The smallest absolute Gasteiger partial charge is 0.309 e. The van der Waals surface area contributed by atoms with Crippen LogP contribution in [0.25, 0.3) is 0 Å². The van der Waals surface area contributed by atoms with E-state index >= 15 is 0 Å². The van der Waals surface area contributed by atoms with E-state index in [0.717, 1.165) is 17.4 Å². The third-order valence-corrected chi connectivity index (χ3v) is 8.06. The topological polar surface area (TPSA) is 112 Å². The molecule has 1 N–H and O–H groups in total. The summed E-state index contributed by atoms with van der Waals surface area (Å²) in [5.74, 6) is -2.24. The number of rotatable bonds is 8. The van der Waals surface area contributed by atoms with Gasteiger partial charge in [0.15, 0.2) is 26.5 Å². The fourth-order valence-corrected chi connectivity index (χ4v) is 5.49. The van der Waals surface area contributed by atoms with Crippen molar-refractivity contribution in [1.29, 1.82) is 0 Å². The minimum absolute atomic E-state index is 0.0173. The summed E-state index contributed by atoms with van der Waals surface area (Å²) in [5, 5.41) is 3.87. The normalized spacial score (nSPS) is 14.3. The van der Waals surface area contributed by atoms with Gasteiger partial charge in [-0.3, -0.25) is 14.9 Å². The standard InChI is InChI=1S/C22H18ClFN2O6S2/c1-12(27)31-19-11-33-22(25-19)26-21(28)20(32-18-9-4-14(23)10-17(18)24)13-2-5-15(6-3-13)34(29,30)16-7-8-16/h2-6,9-11,16,20H,7-8H2,1H3,(H,25,26,28). The van der Waals surface area contributed by atoms with E-state index in [4.69, 9.17) is 21.1 Å². The first-order valence-electron chi connectivity index (χ1n) is 10.0. The van der Waals surface area contributed by atoms with Gasteiger partial charge < -0.3 is 9.47 Å². The Morgan fingerprint density at radius 2 is 1.91 bits per heavy atom. The van der Waals surface area contributed by atoms with Gasteiger partial charge in [0.25, 0.3) is 5.91 Å². The van der Waals surface area contributed by atoms with Crippen molar-refractivity contribution in [1.82, 2.24) is 4.98 Å². The van der Waals surface area contributed by atoms with E-state index in [1.165, 1.54) is 48.7 Å². The van der Waals surface area contributed by atoms with Crippen LogP contribution in [-0.2, 0) is 19.4 Å². The molecule has 1 fully saturated rings. The molecule has 1 atom stereocenters. The number of halogens is 2. The second-order valence-electron chi connectivity index (χ2n) is 7.46. The Labute approximate surface area is 203 Å². The average Bonchev–Trinajstić information content (AvgIpc) is 3.55. The minimum atomic E-state index is -3.42. The Hall–Kier alpha value is -3.02. The number of nitrogens with zero attached hydrogens (tertiary/aromatic N) is 1. The van der Waals surface area contributed by atoms with Gasteiger partial charge in [-0.25, -0.2) is 12.8 Å². The number of nitrogens with one attached hydrogen (secondary N) is 1. The Morgan fingerprint density at radius 3 is 2.53 bits per heavy atom. The molecular weight excluding hydrogens is 507 g/mol. The van der Waals surface area contributed by atoms with Gasteiger partial charge in [-0.2, -0.15) is 4.98 Å². The van der Waals surface area contributed by atoms with Crippen LogP contribution in [0.5, 0.6) is 11.6 Å². The van der Waals surface area contributed by atoms with Gasteiger partial charge in [0.1, 0.15) is 0 Å². The largest absolute Gasteiger partial charge is 0.473 e. The Kier molecular flexibility index (Phi) is 6.87. The Balaban J connectivity index is 1.61. The summed E-state index contributed by atoms with van der Waals surface area (Å²) >= 11 is 6.81. The molecule has 3 aromatic rings. The second-order valence-corrected chi connectivity index (χ2v) is 11.0. The Morgan fingerprint density at radius 1 is 1.21 bits per heavy atom. The van der Waals surface area contributed by atoms with Gasteiger partial charge in [-0.1, -0.05) is 23.7 Å². The molecule has 1 heterocycles. The molecular formula is C22H18ClFN2O6S2. The molecule has 1 unspecified atom stereocenters. The number of amides is 1. The summed E-state index contributed by atoms with van der Waals surface area (Å²) in [5.41, 5.74) is 0.290. The van der Waals surface area contributed by atoms with E-state index in [0.29, 0.717) is 18.4 Å². The molecule has 8 nitrogen and oxygen atoms in total. The molecule has 0 spiro atoms. The van der Waals surface area contributed by atoms with Crippen molar-refractivity contribution in [3.8, 4) is 11.6 Å². The van der Waals surface area contributed by atoms with Crippen LogP contribution in [0.4, 0.5) is 9.52 Å². The predicted molar refractivity (Wildman–Crippen MR) is 123 cm³/mol. The summed E-state index contributed by atoms with van der Waals surface area (Å²) in [6.45, 7) is 1.22. The molecule has 12 heteroatoms. The van der Waals surface area contributed by atoms with Gasteiger partial charge in [0.2, 0.25) is 12.0 Å². The molecule has 1 aliphatic rings. The summed E-state index contributed by atoms with van der Waals surface area (Å²) in [6, 6.07) is 9.42. The zero-order valence-electron chi connectivity index (χ0n) is 17.7. The number of hydrogen-bond acceptors (Lipinski definition) is 8. The van der Waals surface area contributed by atoms with Crippen molar-refractivity contribution in [2.75, 3.05) is 5.32 Å². The van der Waals surface area contributed by atoms with Crippen molar-refractivity contribution in [2.45, 2.75) is 36.0 Å². The molecule has 0 aliphatic heterocycles. The molecule has 0 radical (unpaired) electrons. The SMILES string of the molecule is CC(=O)Oc1csc(NC(=O)C(Oc2ccc(Cl)cc2F)c2ccc(S(=O)(=O)C3CC3)cc2)n1. The van der Waals surface area contributed by atoms with Crippen LogP contribution >= 0.6 is 22.9 Å². The van der Waals surface area contributed by atoms with Crippen LogP contribution < -0.4 is 14.8 Å². The summed E-state index contributed by atoms with van der Waals surface area (Å²) in [4.78, 5) is 28.3. The van der Waals surface area contributed by atoms with Crippen LogP contribution in [0.1, 0.15) is 31.4 Å². The lowest BCUT2D eigenvalue weighted by molar-refractivity contribution is -0.132. The van der Waals surface area contributed by atoms with Crippen LogP contribution in [0.15, 0.2) is 52.7 Å². The number of esters is 1. The highest BCUT2D eigenvalue weighted by atomic mass is 35.5. The maximum Gasteiger partial charge on any atom is 0.309 e. The molecule has 34 heavy (non-hydrogen) atoms. The van der Waals surface area contributed by atoms with E-state index in [1.54, 1.807) is 0 Å². The van der Waals surface area contributed by atoms with Crippen LogP contribution in [0.3, 0.4) is 0 Å². The molecule has 1 saturated carbocycles. The summed E-state index contributed by atoms with van der Waals surface area (Å²) < 4.78 is 49.9. The highest BCUT2D eigenvalue weighted by Gasteiger charge is 2.37. The zero-order valence-corrected chi connectivity index (χ0v) is 20.0. The number of carbonyl (C=O) groups excluding carboxylic acids is 2. The van der Waals surface area contributed by atoms with Gasteiger partial charge >= 0.3 is 5.97 Å². The fraction of sp³-hybridized carbons (Fsp3) is 0.227. The number of carbonyl (C=O) groups is 2. The quantitative estimate of drug-likeness (QED) is 0.430. The molecule has 2 aromatic carbocycles. The number of sulfone groups is 1. The highest BCUT2D eigenvalue weighted by Crippen LogP contribution is 2.34. The number of anilines is 1. The lowest BCUT2D eigenvalue weighted by Crippen LogP contribution is -2.26. The first-order chi connectivity index (χ1) is 16.1. The molecule has 178 valence electrons. The summed E-state index contributed by atoms with van der Waals surface area (Å²) in [6.07, 6.45) is -0.108. The van der Waals surface area contributed by atoms with Gasteiger partial charge in [-0.15, -0.1) is 11.3 Å². The summed E-state index contributed by atoms with van der Waals surface area (Å²) in [7, 11) is -3.42. The zero-order chi connectivity index (χ0) is 24.5. The number of hydrogen-bond donors (Lipinski definition) is 1. The predicted octanol–water partition coefficient (Wildman–Crippen LogP) is 4.56. The van der Waals surface area contributed by atoms with Crippen molar-refractivity contribution < 1.29 is 31.9 Å². The molecule has 1 amide bonds. The van der Waals surface area contributed by atoms with Crippen LogP contribution in [-0.4, -0.2) is 30.5 Å². The number of ether oxygens (including phenoxy) is 2. The number of aromatic nitrogens is 1. The molecule has 1 aromatic heterocycles. The Bertz CT molecular complexity index is 1340. The monoisotopic (exact) mass is 524 g/mol. The van der Waals surface area contributed by atoms with E-state index < -0.39 is 33.6 Å². The van der Waals surface area contributed by atoms with Crippen LogP contribution in [0, 0.1) is 5.82 Å². The van der Waals surface area contributed by atoms with Crippen molar-refractivity contribution in [3.63, 3.8) is 0 Å². The maximum absolute atomic E-state index is 14.4. The van der Waals surface area contributed by atoms with Gasteiger partial charge in [0, 0.05) is 17.5 Å². The third-order valence-electron chi connectivity index (χ3n) is 4.81. The van der Waals surface area contributed by atoms with Crippen LogP contribution in [0.2, 0.25) is 5.02 Å². The first-order valence-corrected chi connectivity index (χ1v) is 12.8. The second kappa shape index (κ2) is 9.69. The molecule has 4 rings (SSSR count). The molecule has 1 aliphatic carbocycles. The third kappa shape index (κ3) is 5.54.